The van der Waals surface area contributed by atoms with E-state index in [1.54, 1.807) is 4.90 Å². The maximum Gasteiger partial charge on any atom is 0.359 e. The molecule has 28 heavy (non-hydrogen) atoms. The Bertz CT molecular complexity index is 853. The number of hydrogen-bond donors (Lipinski definition) is 0. The summed E-state index contributed by atoms with van der Waals surface area (Å²) in [6.07, 6.45) is 4.08. The highest BCUT2D eigenvalue weighted by Gasteiger charge is 2.25. The molecule has 1 amide bonds. The highest BCUT2D eigenvalue weighted by atomic mass is 35.5. The van der Waals surface area contributed by atoms with Crippen molar-refractivity contribution in [1.29, 1.82) is 0 Å². The third-order valence-electron chi connectivity index (χ3n) is 4.77. The number of hydrogen-bond acceptors (Lipinski definition) is 4. The van der Waals surface area contributed by atoms with Gasteiger partial charge >= 0.3 is 5.97 Å². The summed E-state index contributed by atoms with van der Waals surface area (Å²) in [6.45, 7) is 0.944. The molecule has 0 radical (unpaired) electrons. The SMILES string of the molecule is O=C(OCC(=O)N1CCC(Cc2ccccc2)CC1)c1ncc(Cl)c(Cl)c1Cl. The maximum atomic E-state index is 12.4. The third-order valence-corrected chi connectivity index (χ3v) is 6.01. The van der Waals surface area contributed by atoms with Crippen LogP contribution in [0.5, 0.6) is 0 Å². The van der Waals surface area contributed by atoms with Crippen LogP contribution in [0.1, 0.15) is 28.9 Å². The lowest BCUT2D eigenvalue weighted by molar-refractivity contribution is -0.135. The lowest BCUT2D eigenvalue weighted by Gasteiger charge is -2.32. The van der Waals surface area contributed by atoms with Crippen LogP contribution in [0.2, 0.25) is 15.1 Å². The molecule has 8 heteroatoms. The van der Waals surface area contributed by atoms with Gasteiger partial charge < -0.3 is 9.64 Å². The first-order chi connectivity index (χ1) is 13.5. The molecule has 0 bridgehead atoms. The molecule has 0 N–H and O–H groups in total. The first kappa shape index (κ1) is 20.9. The fourth-order valence-electron chi connectivity index (χ4n) is 3.21. The van der Waals surface area contributed by atoms with Crippen molar-refractivity contribution in [3.8, 4) is 0 Å². The topological polar surface area (TPSA) is 59.5 Å². The van der Waals surface area contributed by atoms with Crippen molar-refractivity contribution in [3.05, 3.63) is 62.9 Å². The number of benzene rings is 1. The Balaban J connectivity index is 1.47. The predicted molar refractivity (Wildman–Crippen MR) is 109 cm³/mol. The number of pyridine rings is 1. The van der Waals surface area contributed by atoms with Gasteiger partial charge in [-0.3, -0.25) is 4.79 Å². The molecule has 2 aromatic rings. The summed E-state index contributed by atoms with van der Waals surface area (Å²) in [7, 11) is 0. The number of halogens is 3. The highest BCUT2D eigenvalue weighted by molar-refractivity contribution is 6.48. The van der Waals surface area contributed by atoms with Gasteiger partial charge in [0.15, 0.2) is 12.3 Å². The van der Waals surface area contributed by atoms with Gasteiger partial charge in [0.2, 0.25) is 0 Å². The Labute approximate surface area is 178 Å². The Morgan fingerprint density at radius 3 is 2.43 bits per heavy atom. The van der Waals surface area contributed by atoms with Crippen molar-refractivity contribution in [2.45, 2.75) is 19.3 Å². The van der Waals surface area contributed by atoms with E-state index in [4.69, 9.17) is 39.5 Å². The van der Waals surface area contributed by atoms with Gasteiger partial charge in [-0.15, -0.1) is 0 Å². The van der Waals surface area contributed by atoms with Crippen LogP contribution in [0, 0.1) is 5.92 Å². The third kappa shape index (κ3) is 5.16. The van der Waals surface area contributed by atoms with Gasteiger partial charge in [0.05, 0.1) is 15.1 Å². The second-order valence-electron chi connectivity index (χ2n) is 6.67. The number of carbonyl (C=O) groups is 2. The minimum absolute atomic E-state index is 0.0251. The zero-order chi connectivity index (χ0) is 20.1. The van der Waals surface area contributed by atoms with E-state index in [0.29, 0.717) is 19.0 Å². The molecule has 2 heterocycles. The molecule has 1 fully saturated rings. The molecule has 0 spiro atoms. The standard InChI is InChI=1S/C20H19Cl3N2O3/c21-15-11-24-19(18(23)17(15)22)20(27)28-12-16(26)25-8-6-14(7-9-25)10-13-4-2-1-3-5-13/h1-5,11,14H,6-10,12H2. The van der Waals surface area contributed by atoms with Crippen LogP contribution in [-0.4, -0.2) is 41.5 Å². The maximum absolute atomic E-state index is 12.4. The normalized spacial score (nSPS) is 14.8. The zero-order valence-corrected chi connectivity index (χ0v) is 17.3. The van der Waals surface area contributed by atoms with E-state index in [0.717, 1.165) is 19.3 Å². The summed E-state index contributed by atoms with van der Waals surface area (Å²) < 4.78 is 5.06. The molecule has 0 unspecified atom stereocenters. The number of likely N-dealkylation sites (tertiary alicyclic amines) is 1. The van der Waals surface area contributed by atoms with E-state index in [9.17, 15) is 9.59 Å². The van der Waals surface area contributed by atoms with Crippen molar-refractivity contribution < 1.29 is 14.3 Å². The number of aromatic nitrogens is 1. The number of amides is 1. The van der Waals surface area contributed by atoms with Crippen LogP contribution in [0.4, 0.5) is 0 Å². The Morgan fingerprint density at radius 2 is 1.75 bits per heavy atom. The number of rotatable bonds is 5. The van der Waals surface area contributed by atoms with Crippen LogP contribution >= 0.6 is 34.8 Å². The quantitative estimate of drug-likeness (QED) is 0.632. The van der Waals surface area contributed by atoms with Crippen LogP contribution in [-0.2, 0) is 16.0 Å². The number of esters is 1. The number of nitrogens with zero attached hydrogens (tertiary/aromatic N) is 2. The van der Waals surface area contributed by atoms with Gasteiger partial charge in [0.25, 0.3) is 5.91 Å². The van der Waals surface area contributed by atoms with Gasteiger partial charge in [-0.1, -0.05) is 65.1 Å². The number of ether oxygens (including phenoxy) is 1. The van der Waals surface area contributed by atoms with E-state index in [2.05, 4.69) is 17.1 Å². The van der Waals surface area contributed by atoms with Gasteiger partial charge in [-0.2, -0.15) is 0 Å². The van der Waals surface area contributed by atoms with Crippen molar-refractivity contribution >= 4 is 46.7 Å². The highest BCUT2D eigenvalue weighted by Crippen LogP contribution is 2.31. The first-order valence-electron chi connectivity index (χ1n) is 8.94. The summed E-state index contributed by atoms with van der Waals surface area (Å²) in [5.41, 5.74) is 1.15. The minimum Gasteiger partial charge on any atom is -0.451 e. The van der Waals surface area contributed by atoms with Gasteiger partial charge in [0.1, 0.15) is 0 Å². The molecule has 1 aromatic carbocycles. The molecule has 0 saturated carbocycles. The van der Waals surface area contributed by atoms with E-state index >= 15 is 0 Å². The molecule has 148 valence electrons. The summed E-state index contributed by atoms with van der Waals surface area (Å²) in [5, 5.41) is 0.0723. The molecule has 0 aliphatic carbocycles. The van der Waals surface area contributed by atoms with E-state index in [-0.39, 0.29) is 33.3 Å². The van der Waals surface area contributed by atoms with Crippen LogP contribution in [0.3, 0.4) is 0 Å². The predicted octanol–water partition coefficient (Wildman–Crippen LogP) is 4.68. The lowest BCUT2D eigenvalue weighted by atomic mass is 9.90. The monoisotopic (exact) mass is 440 g/mol. The summed E-state index contributed by atoms with van der Waals surface area (Å²) in [6, 6.07) is 10.3. The molecule has 1 saturated heterocycles. The molecular formula is C20H19Cl3N2O3. The first-order valence-corrected chi connectivity index (χ1v) is 10.1. The fourth-order valence-corrected chi connectivity index (χ4v) is 3.76. The van der Waals surface area contributed by atoms with Crippen LogP contribution < -0.4 is 0 Å². The summed E-state index contributed by atoms with van der Waals surface area (Å²) in [5.74, 6) is -0.494. The molecule has 1 aromatic heterocycles. The second kappa shape index (κ2) is 9.59. The van der Waals surface area contributed by atoms with Crippen LogP contribution in [0.15, 0.2) is 36.5 Å². The summed E-state index contributed by atoms with van der Waals surface area (Å²) >= 11 is 17.7. The molecule has 1 aliphatic rings. The van der Waals surface area contributed by atoms with E-state index in [1.165, 1.54) is 11.8 Å². The van der Waals surface area contributed by atoms with E-state index in [1.807, 2.05) is 18.2 Å². The van der Waals surface area contributed by atoms with Gasteiger partial charge in [-0.25, -0.2) is 9.78 Å². The molecule has 0 atom stereocenters. The average Bonchev–Trinajstić information content (AvgIpc) is 2.71. The second-order valence-corrected chi connectivity index (χ2v) is 7.84. The largest absolute Gasteiger partial charge is 0.451 e. The minimum atomic E-state index is -0.809. The Morgan fingerprint density at radius 1 is 1.07 bits per heavy atom. The van der Waals surface area contributed by atoms with Crippen molar-refractivity contribution in [1.82, 2.24) is 9.88 Å². The zero-order valence-electron chi connectivity index (χ0n) is 15.0. The van der Waals surface area contributed by atoms with Gasteiger partial charge in [-0.05, 0) is 30.7 Å². The lowest BCUT2D eigenvalue weighted by Crippen LogP contribution is -2.41. The van der Waals surface area contributed by atoms with Crippen molar-refractivity contribution in [3.63, 3.8) is 0 Å². The van der Waals surface area contributed by atoms with Crippen molar-refractivity contribution in [2.75, 3.05) is 19.7 Å². The average molecular weight is 442 g/mol. The molecule has 5 nitrogen and oxygen atoms in total. The Hall–Kier alpha value is -1.82. The number of piperidine rings is 1. The van der Waals surface area contributed by atoms with Crippen molar-refractivity contribution in [2.24, 2.45) is 5.92 Å². The fraction of sp³-hybridized carbons (Fsp3) is 0.350. The van der Waals surface area contributed by atoms with E-state index < -0.39 is 5.97 Å². The van der Waals surface area contributed by atoms with Crippen LogP contribution in [0.25, 0.3) is 0 Å². The molecule has 3 rings (SSSR count). The van der Waals surface area contributed by atoms with Gasteiger partial charge in [0, 0.05) is 19.3 Å². The number of carbonyl (C=O) groups excluding carboxylic acids is 2. The molecule has 1 aliphatic heterocycles. The summed E-state index contributed by atoms with van der Waals surface area (Å²) in [4.78, 5) is 30.0. The molecular weight excluding hydrogens is 423 g/mol. The Kier molecular flexibility index (Phi) is 7.16. The smallest absolute Gasteiger partial charge is 0.359 e.